The third-order valence-corrected chi connectivity index (χ3v) is 5.54. The normalized spacial score (nSPS) is 13.3. The minimum absolute atomic E-state index is 0.0238. The highest BCUT2D eigenvalue weighted by Gasteiger charge is 2.27. The number of imidazole rings is 1. The van der Waals surface area contributed by atoms with Gasteiger partial charge < -0.3 is 4.90 Å². The van der Waals surface area contributed by atoms with Crippen LogP contribution in [0.4, 0.5) is 10.1 Å². The smallest absolute Gasteiger partial charge is 0.276 e. The maximum atomic E-state index is 13.1. The highest BCUT2D eigenvalue weighted by atomic mass is 32.1. The Labute approximate surface area is 153 Å². The molecule has 0 saturated carbocycles. The molecule has 0 spiro atoms. The van der Waals surface area contributed by atoms with Gasteiger partial charge in [0.25, 0.3) is 5.91 Å². The molecule has 26 heavy (non-hydrogen) atoms. The van der Waals surface area contributed by atoms with E-state index < -0.39 is 0 Å². The van der Waals surface area contributed by atoms with Crippen molar-refractivity contribution in [2.45, 2.75) is 6.42 Å². The number of carbonyl (C=O) groups excluding carboxylic acids is 1. The molecule has 1 aliphatic heterocycles. The van der Waals surface area contributed by atoms with Crippen LogP contribution in [0.25, 0.3) is 16.2 Å². The number of halogens is 1. The molecule has 0 atom stereocenters. The van der Waals surface area contributed by atoms with Crippen LogP contribution in [-0.2, 0) is 6.42 Å². The van der Waals surface area contributed by atoms with Gasteiger partial charge in [0, 0.05) is 29.4 Å². The van der Waals surface area contributed by atoms with Crippen LogP contribution in [0, 0.1) is 5.82 Å². The Morgan fingerprint density at radius 2 is 1.92 bits per heavy atom. The number of para-hydroxylation sites is 1. The summed E-state index contributed by atoms with van der Waals surface area (Å²) in [5, 5.41) is 1.85. The lowest BCUT2D eigenvalue weighted by Crippen LogP contribution is -2.29. The number of amides is 1. The second kappa shape index (κ2) is 5.78. The fraction of sp³-hybridized carbons (Fsp3) is 0.100. The lowest BCUT2D eigenvalue weighted by atomic mass is 10.2. The predicted octanol–water partition coefficient (Wildman–Crippen LogP) is 4.40. The van der Waals surface area contributed by atoms with Gasteiger partial charge in [-0.15, -0.1) is 11.3 Å². The Morgan fingerprint density at radius 1 is 1.12 bits per heavy atom. The molecule has 5 rings (SSSR count). The van der Waals surface area contributed by atoms with Crippen LogP contribution in [-0.4, -0.2) is 21.8 Å². The molecule has 2 aromatic carbocycles. The summed E-state index contributed by atoms with van der Waals surface area (Å²) in [6.45, 7) is 0.690. The standard InChI is InChI=1S/C20H14FN3OS/c21-15-7-5-13(6-8-15)16-11-24-18(12-26-20(24)22-16)19(25)23-10-9-14-3-1-2-4-17(14)23/h1-8,11-12H,9-10H2. The number of thiazole rings is 1. The summed E-state index contributed by atoms with van der Waals surface area (Å²) in [4.78, 5) is 20.3. The second-order valence-electron chi connectivity index (χ2n) is 6.24. The SMILES string of the molecule is O=C(c1csc2nc(-c3ccc(F)cc3)cn12)N1CCc2ccccc21. The van der Waals surface area contributed by atoms with E-state index in [1.54, 1.807) is 12.1 Å². The molecular formula is C20H14FN3OS. The van der Waals surface area contributed by atoms with Crippen LogP contribution < -0.4 is 4.90 Å². The monoisotopic (exact) mass is 363 g/mol. The summed E-state index contributed by atoms with van der Waals surface area (Å²) < 4.78 is 15.0. The summed E-state index contributed by atoms with van der Waals surface area (Å²) in [7, 11) is 0. The van der Waals surface area contributed by atoms with Gasteiger partial charge in [0.1, 0.15) is 11.5 Å². The van der Waals surface area contributed by atoms with E-state index in [1.807, 2.05) is 39.1 Å². The van der Waals surface area contributed by atoms with Crippen molar-refractivity contribution in [1.82, 2.24) is 9.38 Å². The quantitative estimate of drug-likeness (QED) is 0.529. The molecule has 0 radical (unpaired) electrons. The van der Waals surface area contributed by atoms with Crippen LogP contribution >= 0.6 is 11.3 Å². The van der Waals surface area contributed by atoms with Crippen molar-refractivity contribution in [3.63, 3.8) is 0 Å². The lowest BCUT2D eigenvalue weighted by Gasteiger charge is -2.16. The first kappa shape index (κ1) is 15.3. The van der Waals surface area contributed by atoms with Gasteiger partial charge in [-0.2, -0.15) is 0 Å². The Hall–Kier alpha value is -2.99. The van der Waals surface area contributed by atoms with Crippen molar-refractivity contribution in [3.8, 4) is 11.3 Å². The van der Waals surface area contributed by atoms with Crippen LogP contribution in [0.3, 0.4) is 0 Å². The number of hydrogen-bond acceptors (Lipinski definition) is 3. The fourth-order valence-corrected chi connectivity index (χ4v) is 4.23. The molecule has 1 amide bonds. The van der Waals surface area contributed by atoms with E-state index in [1.165, 1.54) is 29.0 Å². The summed E-state index contributed by atoms with van der Waals surface area (Å²) in [6.07, 6.45) is 2.72. The molecule has 2 aromatic heterocycles. The Kier molecular flexibility index (Phi) is 3.39. The molecule has 4 aromatic rings. The molecule has 1 aliphatic rings. The van der Waals surface area contributed by atoms with Gasteiger partial charge in [0.15, 0.2) is 4.96 Å². The van der Waals surface area contributed by atoms with Gasteiger partial charge in [-0.05, 0) is 42.3 Å². The maximum Gasteiger partial charge on any atom is 0.276 e. The van der Waals surface area contributed by atoms with Gasteiger partial charge in [0.05, 0.1) is 5.69 Å². The summed E-state index contributed by atoms with van der Waals surface area (Å²) in [5.74, 6) is -0.303. The van der Waals surface area contributed by atoms with E-state index in [9.17, 15) is 9.18 Å². The zero-order valence-electron chi connectivity index (χ0n) is 13.7. The van der Waals surface area contributed by atoms with E-state index in [4.69, 9.17) is 0 Å². The zero-order chi connectivity index (χ0) is 17.7. The van der Waals surface area contributed by atoms with E-state index in [2.05, 4.69) is 11.1 Å². The summed E-state index contributed by atoms with van der Waals surface area (Å²) in [6, 6.07) is 14.2. The molecule has 0 aliphatic carbocycles. The number of anilines is 1. The Morgan fingerprint density at radius 3 is 2.77 bits per heavy atom. The Balaban J connectivity index is 1.54. The number of aromatic nitrogens is 2. The van der Waals surface area contributed by atoms with Crippen LogP contribution in [0.2, 0.25) is 0 Å². The van der Waals surface area contributed by atoms with Crippen molar-refractivity contribution in [2.24, 2.45) is 0 Å². The zero-order valence-corrected chi connectivity index (χ0v) is 14.5. The van der Waals surface area contributed by atoms with Crippen molar-refractivity contribution in [2.75, 3.05) is 11.4 Å². The molecule has 0 fully saturated rings. The molecular weight excluding hydrogens is 349 g/mol. The summed E-state index contributed by atoms with van der Waals surface area (Å²) >= 11 is 1.43. The number of fused-ring (bicyclic) bond motifs is 2. The first-order valence-corrected chi connectivity index (χ1v) is 9.21. The van der Waals surface area contributed by atoms with E-state index in [0.717, 1.165) is 28.3 Å². The highest BCUT2D eigenvalue weighted by molar-refractivity contribution is 7.15. The lowest BCUT2D eigenvalue weighted by molar-refractivity contribution is 0.0984. The number of hydrogen-bond donors (Lipinski definition) is 0. The minimum Gasteiger partial charge on any atom is -0.306 e. The molecule has 4 nitrogen and oxygen atoms in total. The third-order valence-electron chi connectivity index (χ3n) is 4.70. The number of benzene rings is 2. The van der Waals surface area contributed by atoms with Crippen molar-refractivity contribution in [3.05, 3.63) is 77.2 Å². The number of rotatable bonds is 2. The average Bonchev–Trinajstić information content (AvgIpc) is 3.35. The second-order valence-corrected chi connectivity index (χ2v) is 7.08. The predicted molar refractivity (Wildman–Crippen MR) is 100 cm³/mol. The van der Waals surface area contributed by atoms with Crippen LogP contribution in [0.15, 0.2) is 60.1 Å². The third kappa shape index (κ3) is 2.34. The van der Waals surface area contributed by atoms with Crippen molar-refractivity contribution in [1.29, 1.82) is 0 Å². The van der Waals surface area contributed by atoms with Crippen molar-refractivity contribution < 1.29 is 9.18 Å². The fourth-order valence-electron chi connectivity index (χ4n) is 3.38. The summed E-state index contributed by atoms with van der Waals surface area (Å²) in [5.41, 5.74) is 4.34. The van der Waals surface area contributed by atoms with Gasteiger partial charge in [0.2, 0.25) is 0 Å². The average molecular weight is 363 g/mol. The number of nitrogens with zero attached hydrogens (tertiary/aromatic N) is 3. The molecule has 128 valence electrons. The molecule has 3 heterocycles. The van der Waals surface area contributed by atoms with Gasteiger partial charge in [-0.3, -0.25) is 9.20 Å². The molecule has 0 saturated heterocycles. The van der Waals surface area contributed by atoms with Crippen LogP contribution in [0.1, 0.15) is 16.1 Å². The van der Waals surface area contributed by atoms with Gasteiger partial charge >= 0.3 is 0 Å². The molecule has 6 heteroatoms. The van der Waals surface area contributed by atoms with Gasteiger partial charge in [-0.1, -0.05) is 18.2 Å². The highest BCUT2D eigenvalue weighted by Crippen LogP contribution is 2.30. The maximum absolute atomic E-state index is 13.1. The van der Waals surface area contributed by atoms with Crippen molar-refractivity contribution >= 4 is 27.9 Å². The largest absolute Gasteiger partial charge is 0.306 e. The number of carbonyl (C=O) groups is 1. The topological polar surface area (TPSA) is 37.6 Å². The minimum atomic E-state index is -0.279. The molecule has 0 N–H and O–H groups in total. The first-order valence-electron chi connectivity index (χ1n) is 8.33. The molecule has 0 unspecified atom stereocenters. The van der Waals surface area contributed by atoms with E-state index in [-0.39, 0.29) is 11.7 Å². The van der Waals surface area contributed by atoms with Gasteiger partial charge in [-0.25, -0.2) is 9.37 Å². The Bertz CT molecular complexity index is 1130. The first-order chi connectivity index (χ1) is 12.7. The van der Waals surface area contributed by atoms with Crippen LogP contribution in [0.5, 0.6) is 0 Å². The van der Waals surface area contributed by atoms with E-state index in [0.29, 0.717) is 12.2 Å². The van der Waals surface area contributed by atoms with E-state index >= 15 is 0 Å². The molecule has 0 bridgehead atoms.